The molecule has 0 spiro atoms. The second-order valence-corrected chi connectivity index (χ2v) is 8.20. The van der Waals surface area contributed by atoms with Crippen molar-refractivity contribution in [2.45, 2.75) is 11.8 Å². The predicted octanol–water partition coefficient (Wildman–Crippen LogP) is 5.71. The molecule has 0 unspecified atom stereocenters. The van der Waals surface area contributed by atoms with E-state index in [2.05, 4.69) is 63.4 Å². The van der Waals surface area contributed by atoms with E-state index in [1.54, 1.807) is 25.6 Å². The van der Waals surface area contributed by atoms with Crippen LogP contribution in [0.4, 0.5) is 0 Å². The number of aromatic nitrogens is 2. The number of benzene rings is 2. The molecule has 1 aliphatic carbocycles. The number of thiophene rings is 1. The Bertz CT molecular complexity index is 1160. The van der Waals surface area contributed by atoms with Crippen molar-refractivity contribution in [2.24, 2.45) is 0 Å². The lowest BCUT2D eigenvalue weighted by Crippen LogP contribution is -2.30. The van der Waals surface area contributed by atoms with E-state index in [4.69, 9.17) is 9.47 Å². The summed E-state index contributed by atoms with van der Waals surface area (Å²) in [6.45, 7) is 0. The monoisotopic (exact) mass is 414 g/mol. The van der Waals surface area contributed by atoms with Gasteiger partial charge < -0.3 is 9.47 Å². The number of nitrogens with zero attached hydrogens (tertiary/aromatic N) is 1. The Kier molecular flexibility index (Phi) is 4.68. The summed E-state index contributed by atoms with van der Waals surface area (Å²) in [7, 11) is 3.41. The highest BCUT2D eigenvalue weighted by Crippen LogP contribution is 2.44. The molecule has 0 aliphatic heterocycles. The average Bonchev–Trinajstić information content (AvgIpc) is 3.48. The molecule has 0 amide bonds. The molecule has 2 aromatic heterocycles. The molecular weight excluding hydrogens is 392 g/mol. The summed E-state index contributed by atoms with van der Waals surface area (Å²) >= 11 is 1.68. The minimum Gasteiger partial charge on any atom is -0.497 e. The van der Waals surface area contributed by atoms with Crippen molar-refractivity contribution in [3.63, 3.8) is 0 Å². The molecule has 4 nitrogen and oxygen atoms in total. The third-order valence-electron chi connectivity index (χ3n) is 5.84. The summed E-state index contributed by atoms with van der Waals surface area (Å²) in [5, 5.41) is 12.2. The van der Waals surface area contributed by atoms with E-state index in [0.717, 1.165) is 40.4 Å². The van der Waals surface area contributed by atoms with E-state index in [-0.39, 0.29) is 5.41 Å². The van der Waals surface area contributed by atoms with Gasteiger partial charge in [0.25, 0.3) is 0 Å². The first-order valence-electron chi connectivity index (χ1n) is 9.81. The molecule has 1 aliphatic rings. The number of nitrogens with one attached hydrogen (secondary N) is 1. The highest BCUT2D eigenvalue weighted by atomic mass is 32.1. The van der Waals surface area contributed by atoms with E-state index in [0.29, 0.717) is 0 Å². The topological polar surface area (TPSA) is 47.1 Å². The van der Waals surface area contributed by atoms with Gasteiger partial charge in [0.05, 0.1) is 14.2 Å². The molecule has 0 saturated carbocycles. The van der Waals surface area contributed by atoms with E-state index < -0.39 is 0 Å². The number of hydrogen-bond donors (Lipinski definition) is 1. The van der Waals surface area contributed by atoms with Gasteiger partial charge >= 0.3 is 0 Å². The fourth-order valence-corrected chi connectivity index (χ4v) is 4.89. The summed E-state index contributed by atoms with van der Waals surface area (Å²) in [6, 6.07) is 18.7. The molecule has 4 aromatic rings. The van der Waals surface area contributed by atoms with Crippen LogP contribution in [0.3, 0.4) is 0 Å². The van der Waals surface area contributed by atoms with Crippen LogP contribution < -0.4 is 9.47 Å². The Morgan fingerprint density at radius 1 is 0.967 bits per heavy atom. The minimum atomic E-state index is -0.353. The normalized spacial score (nSPS) is 14.3. The lowest BCUT2D eigenvalue weighted by molar-refractivity contribution is 0.411. The van der Waals surface area contributed by atoms with Crippen molar-refractivity contribution in [3.8, 4) is 22.8 Å². The lowest BCUT2D eigenvalue weighted by atomic mass is 9.68. The summed E-state index contributed by atoms with van der Waals surface area (Å²) in [4.78, 5) is 0. The molecule has 0 fully saturated rings. The highest BCUT2D eigenvalue weighted by molar-refractivity contribution is 7.08. The van der Waals surface area contributed by atoms with Crippen molar-refractivity contribution < 1.29 is 9.47 Å². The van der Waals surface area contributed by atoms with Crippen LogP contribution in [0.5, 0.6) is 11.5 Å². The van der Waals surface area contributed by atoms with E-state index >= 15 is 0 Å². The second kappa shape index (κ2) is 7.50. The van der Waals surface area contributed by atoms with Crippen molar-refractivity contribution in [1.29, 1.82) is 0 Å². The number of hydrogen-bond acceptors (Lipinski definition) is 4. The average molecular weight is 415 g/mol. The SMILES string of the molecule is COc1cccc(C2(c3cccc(OC)c3)C=Cc3c(-c4ccsc4)n[nH]c3C2)c1. The molecule has 5 rings (SSSR count). The number of allylic oxidation sites excluding steroid dienone is 1. The smallest absolute Gasteiger partial charge is 0.119 e. The zero-order chi connectivity index (χ0) is 20.6. The van der Waals surface area contributed by atoms with E-state index in [1.807, 2.05) is 24.3 Å². The van der Waals surface area contributed by atoms with Crippen LogP contribution in [0.1, 0.15) is 22.4 Å². The summed E-state index contributed by atoms with van der Waals surface area (Å²) in [6.07, 6.45) is 5.27. The quantitative estimate of drug-likeness (QED) is 0.455. The summed E-state index contributed by atoms with van der Waals surface area (Å²) in [5.41, 5.74) is 6.44. The summed E-state index contributed by atoms with van der Waals surface area (Å²) < 4.78 is 11.1. The van der Waals surface area contributed by atoms with Crippen molar-refractivity contribution in [2.75, 3.05) is 14.2 Å². The third kappa shape index (κ3) is 3.02. The van der Waals surface area contributed by atoms with E-state index in [9.17, 15) is 0 Å². The van der Waals surface area contributed by atoms with Crippen LogP contribution in [0.25, 0.3) is 17.3 Å². The Morgan fingerprint density at radius 2 is 1.67 bits per heavy atom. The van der Waals surface area contributed by atoms with Gasteiger partial charge in [-0.1, -0.05) is 36.4 Å². The molecule has 0 radical (unpaired) electrons. The number of rotatable bonds is 5. The third-order valence-corrected chi connectivity index (χ3v) is 6.52. The molecule has 2 aromatic carbocycles. The van der Waals surface area contributed by atoms with Crippen molar-refractivity contribution >= 4 is 17.4 Å². The van der Waals surface area contributed by atoms with Gasteiger partial charge in [-0.2, -0.15) is 16.4 Å². The second-order valence-electron chi connectivity index (χ2n) is 7.42. The van der Waals surface area contributed by atoms with Crippen molar-refractivity contribution in [3.05, 3.63) is 93.8 Å². The molecule has 2 heterocycles. The van der Waals surface area contributed by atoms with Crippen LogP contribution in [0.2, 0.25) is 0 Å². The number of methoxy groups -OCH3 is 2. The molecule has 30 heavy (non-hydrogen) atoms. The number of ether oxygens (including phenoxy) is 2. The zero-order valence-electron chi connectivity index (χ0n) is 16.9. The van der Waals surface area contributed by atoms with Crippen LogP contribution in [0, 0.1) is 0 Å². The first-order valence-corrected chi connectivity index (χ1v) is 10.8. The fraction of sp³-hybridized carbons (Fsp3) is 0.160. The zero-order valence-corrected chi connectivity index (χ0v) is 17.7. The van der Waals surface area contributed by atoms with Gasteiger partial charge in [-0.25, -0.2) is 0 Å². The number of fused-ring (bicyclic) bond motifs is 1. The lowest BCUT2D eigenvalue weighted by Gasteiger charge is -2.35. The maximum atomic E-state index is 5.53. The maximum absolute atomic E-state index is 5.53. The summed E-state index contributed by atoms with van der Waals surface area (Å²) in [5.74, 6) is 1.69. The van der Waals surface area contributed by atoms with Gasteiger partial charge in [0.2, 0.25) is 0 Å². The van der Waals surface area contributed by atoms with Crippen molar-refractivity contribution in [1.82, 2.24) is 10.2 Å². The minimum absolute atomic E-state index is 0.353. The Balaban J connectivity index is 1.68. The van der Waals surface area contributed by atoms with E-state index in [1.165, 1.54) is 11.1 Å². The number of aromatic amines is 1. The number of H-pyrrole nitrogens is 1. The van der Waals surface area contributed by atoms with Gasteiger partial charge in [0.15, 0.2) is 0 Å². The largest absolute Gasteiger partial charge is 0.497 e. The van der Waals surface area contributed by atoms with Crippen LogP contribution in [-0.4, -0.2) is 24.4 Å². The first kappa shape index (κ1) is 18.7. The van der Waals surface area contributed by atoms with Gasteiger partial charge in [0, 0.05) is 34.0 Å². The highest BCUT2D eigenvalue weighted by Gasteiger charge is 2.37. The van der Waals surface area contributed by atoms with Gasteiger partial charge in [-0.3, -0.25) is 5.10 Å². The molecule has 5 heteroatoms. The van der Waals surface area contributed by atoms with Crippen LogP contribution >= 0.6 is 11.3 Å². The van der Waals surface area contributed by atoms with Crippen LogP contribution in [-0.2, 0) is 11.8 Å². The molecule has 150 valence electrons. The first-order chi connectivity index (χ1) is 14.7. The maximum Gasteiger partial charge on any atom is 0.119 e. The molecule has 0 bridgehead atoms. The fourth-order valence-electron chi connectivity index (χ4n) is 4.25. The molecule has 0 saturated heterocycles. The Hall–Kier alpha value is -3.31. The predicted molar refractivity (Wildman–Crippen MR) is 121 cm³/mol. The van der Waals surface area contributed by atoms with Crippen LogP contribution in [0.15, 0.2) is 71.4 Å². The molecular formula is C25H22N2O2S. The van der Waals surface area contributed by atoms with Gasteiger partial charge in [0.1, 0.15) is 17.2 Å². The molecule has 1 N–H and O–H groups in total. The Morgan fingerprint density at radius 3 is 2.27 bits per heavy atom. The molecule has 0 atom stereocenters. The van der Waals surface area contributed by atoms with Gasteiger partial charge in [-0.15, -0.1) is 0 Å². The Labute approximate surface area is 179 Å². The standard InChI is InChI=1S/C25H22N2O2S/c1-28-20-7-3-5-18(13-20)25(19-6-4-8-21(14-19)29-2)11-9-22-23(15-25)26-27-24(22)17-10-12-30-16-17/h3-14,16H,15H2,1-2H3,(H,26,27). The van der Waals surface area contributed by atoms with Gasteiger partial charge in [-0.05, 0) is 46.8 Å².